The summed E-state index contributed by atoms with van der Waals surface area (Å²) in [5.74, 6) is -0.473. The van der Waals surface area contributed by atoms with Crippen molar-refractivity contribution in [3.63, 3.8) is 0 Å². The predicted molar refractivity (Wildman–Crippen MR) is 173 cm³/mol. The van der Waals surface area contributed by atoms with E-state index in [1.807, 2.05) is 47.4 Å². The van der Waals surface area contributed by atoms with Crippen LogP contribution in [0.2, 0.25) is 0 Å². The van der Waals surface area contributed by atoms with Crippen molar-refractivity contribution in [2.75, 3.05) is 26.2 Å². The van der Waals surface area contributed by atoms with Crippen molar-refractivity contribution in [3.05, 3.63) is 58.7 Å². The molecule has 2 aliphatic carbocycles. The number of halogens is 1. The summed E-state index contributed by atoms with van der Waals surface area (Å²) in [6, 6.07) is 8.81. The van der Waals surface area contributed by atoms with Crippen molar-refractivity contribution in [2.45, 2.75) is 102 Å². The lowest BCUT2D eigenvalue weighted by molar-refractivity contribution is -0.140. The van der Waals surface area contributed by atoms with Gasteiger partial charge in [-0.25, -0.2) is 4.79 Å². The molecule has 1 N–H and O–H groups in total. The summed E-state index contributed by atoms with van der Waals surface area (Å²) >= 11 is 6.17. The smallest absolute Gasteiger partial charge is 0.411 e. The van der Waals surface area contributed by atoms with Gasteiger partial charge >= 0.3 is 6.09 Å². The number of amides is 3. The molecule has 1 aromatic rings. The second kappa shape index (κ2) is 14.0. The van der Waals surface area contributed by atoms with E-state index in [1.54, 1.807) is 20.8 Å². The number of carbonyl (C=O) groups excluding carboxylic acids is 3. The highest BCUT2D eigenvalue weighted by atomic mass is 35.5. The molecular weight excluding hydrogens is 590 g/mol. The third-order valence-electron chi connectivity index (χ3n) is 9.56. The maximum atomic E-state index is 14.1. The Hall–Kier alpha value is -3.35. The first-order valence-corrected chi connectivity index (χ1v) is 16.7. The molecule has 1 saturated heterocycles. The van der Waals surface area contributed by atoms with E-state index in [0.717, 1.165) is 43.2 Å². The highest BCUT2D eigenvalue weighted by Gasteiger charge is 2.42. The Kier molecular flexibility index (Phi) is 10.2. The van der Waals surface area contributed by atoms with Crippen LogP contribution in [0.3, 0.4) is 0 Å². The van der Waals surface area contributed by atoms with Crippen LogP contribution in [0.1, 0.15) is 76.8 Å². The highest BCUT2D eigenvalue weighted by molar-refractivity contribution is 6.31. The van der Waals surface area contributed by atoms with Crippen LogP contribution in [0.25, 0.3) is 0 Å². The number of ether oxygens (including phenoxy) is 1. The van der Waals surface area contributed by atoms with E-state index >= 15 is 0 Å². The third kappa shape index (κ3) is 7.90. The minimum Gasteiger partial charge on any atom is -0.444 e. The number of fused-ring (bicyclic) bond motifs is 1. The molecule has 242 valence electrons. The van der Waals surface area contributed by atoms with E-state index in [-0.39, 0.29) is 24.3 Å². The van der Waals surface area contributed by atoms with Crippen LogP contribution in [0.4, 0.5) is 4.79 Å². The van der Waals surface area contributed by atoms with E-state index in [1.165, 1.54) is 4.90 Å². The molecule has 0 radical (unpaired) electrons. The van der Waals surface area contributed by atoms with Gasteiger partial charge in [-0.1, -0.05) is 67.3 Å². The maximum absolute atomic E-state index is 14.1. The third-order valence-corrected chi connectivity index (χ3v) is 9.84. The first kappa shape index (κ1) is 33.0. The van der Waals surface area contributed by atoms with Crippen molar-refractivity contribution < 1.29 is 19.1 Å². The molecule has 1 saturated carbocycles. The molecular formula is C35H46ClN5O4. The zero-order valence-electron chi connectivity index (χ0n) is 26.8. The largest absolute Gasteiger partial charge is 0.444 e. The van der Waals surface area contributed by atoms with Gasteiger partial charge in [0.15, 0.2) is 0 Å². The number of hydrogen-bond donors (Lipinski definition) is 1. The molecule has 0 aromatic heterocycles. The quantitative estimate of drug-likeness (QED) is 0.455. The number of allylic oxidation sites excluding steroid dienone is 4. The average Bonchev–Trinajstić information content (AvgIpc) is 3.04. The van der Waals surface area contributed by atoms with Gasteiger partial charge in [-0.2, -0.15) is 5.26 Å². The lowest BCUT2D eigenvalue weighted by Crippen LogP contribution is -2.61. The van der Waals surface area contributed by atoms with E-state index < -0.39 is 29.3 Å². The van der Waals surface area contributed by atoms with Crippen molar-refractivity contribution in [3.8, 4) is 6.07 Å². The SMILES string of the molecule is CC(C)(C)OC(=O)N1Cc2ccccc2C[C@@H]1C(=O)N[C@H](CC1C=CC(Cl)=CC1)C(=O)N1CCN(C2(C#N)CCCCC2)CC1. The maximum Gasteiger partial charge on any atom is 0.411 e. The van der Waals surface area contributed by atoms with Gasteiger partial charge in [0.25, 0.3) is 0 Å². The number of hydrogen-bond acceptors (Lipinski definition) is 6. The Bertz CT molecular complexity index is 1360. The van der Waals surface area contributed by atoms with Gasteiger partial charge in [0.05, 0.1) is 12.6 Å². The average molecular weight is 636 g/mol. The summed E-state index contributed by atoms with van der Waals surface area (Å²) in [5, 5.41) is 13.8. The van der Waals surface area contributed by atoms with E-state index in [2.05, 4.69) is 16.3 Å². The number of rotatable bonds is 6. The molecule has 2 heterocycles. The summed E-state index contributed by atoms with van der Waals surface area (Å²) in [4.78, 5) is 47.2. The van der Waals surface area contributed by atoms with Gasteiger partial charge in [0, 0.05) is 37.6 Å². The number of nitriles is 1. The van der Waals surface area contributed by atoms with Crippen LogP contribution < -0.4 is 5.32 Å². The van der Waals surface area contributed by atoms with Crippen molar-refractivity contribution >= 4 is 29.5 Å². The molecule has 45 heavy (non-hydrogen) atoms. The Balaban J connectivity index is 1.33. The zero-order valence-corrected chi connectivity index (χ0v) is 27.5. The van der Waals surface area contributed by atoms with Crippen LogP contribution in [0, 0.1) is 17.2 Å². The molecule has 1 unspecified atom stereocenters. The van der Waals surface area contributed by atoms with E-state index in [0.29, 0.717) is 50.5 Å². The molecule has 4 aliphatic rings. The van der Waals surface area contributed by atoms with Gasteiger partial charge in [-0.15, -0.1) is 0 Å². The normalized spacial score (nSPS) is 24.1. The predicted octanol–water partition coefficient (Wildman–Crippen LogP) is 5.29. The molecule has 3 amide bonds. The fourth-order valence-corrected chi connectivity index (χ4v) is 7.25. The van der Waals surface area contributed by atoms with Crippen LogP contribution in [-0.2, 0) is 27.3 Å². The zero-order chi connectivity index (χ0) is 32.2. The topological polar surface area (TPSA) is 106 Å². The molecule has 0 bridgehead atoms. The van der Waals surface area contributed by atoms with Gasteiger partial charge in [0.2, 0.25) is 11.8 Å². The fourth-order valence-electron chi connectivity index (χ4n) is 7.09. The monoisotopic (exact) mass is 635 g/mol. The minimum absolute atomic E-state index is 0.0289. The van der Waals surface area contributed by atoms with Crippen LogP contribution in [0.15, 0.2) is 47.5 Å². The molecule has 2 aliphatic heterocycles. The standard InChI is InChI=1S/C35H46ClN5O4/c1-34(2,3)45-33(44)41-23-27-10-6-5-9-26(27)22-30(41)31(42)38-29(21-25-11-13-28(36)14-12-25)32(43)39-17-19-40(20-18-39)35(24-37)15-7-4-8-16-35/h5-6,9-11,13-14,25,29-30H,4,7-8,12,15-23H2,1-3H3,(H,38,42)/t25?,29-,30-/m1/s1. The summed E-state index contributed by atoms with van der Waals surface area (Å²) in [6.07, 6.45) is 11.7. The Morgan fingerprint density at radius 1 is 1.09 bits per heavy atom. The van der Waals surface area contributed by atoms with Crippen LogP contribution in [0.5, 0.6) is 0 Å². The van der Waals surface area contributed by atoms with Gasteiger partial charge in [0.1, 0.15) is 23.2 Å². The second-order valence-corrected chi connectivity index (χ2v) is 14.3. The van der Waals surface area contributed by atoms with Crippen LogP contribution >= 0.6 is 11.6 Å². The lowest BCUT2D eigenvalue weighted by atomic mass is 9.81. The number of piperazine rings is 1. The summed E-state index contributed by atoms with van der Waals surface area (Å²) in [5.41, 5.74) is 0.809. The molecule has 5 rings (SSSR count). The molecule has 9 nitrogen and oxygen atoms in total. The number of benzene rings is 1. The molecule has 0 spiro atoms. The summed E-state index contributed by atoms with van der Waals surface area (Å²) in [6.45, 7) is 7.93. The van der Waals surface area contributed by atoms with Crippen LogP contribution in [-0.4, -0.2) is 82.0 Å². The molecule has 10 heteroatoms. The number of nitrogens with one attached hydrogen (secondary N) is 1. The Labute approximate surface area is 272 Å². The number of carbonyl (C=O) groups is 3. The van der Waals surface area contributed by atoms with E-state index in [4.69, 9.17) is 16.3 Å². The van der Waals surface area contributed by atoms with Crippen molar-refractivity contribution in [2.24, 2.45) is 5.92 Å². The highest BCUT2D eigenvalue weighted by Crippen LogP contribution is 2.34. The second-order valence-electron chi connectivity index (χ2n) is 13.9. The van der Waals surface area contributed by atoms with Crippen molar-refractivity contribution in [1.29, 1.82) is 5.26 Å². The minimum atomic E-state index is -0.820. The van der Waals surface area contributed by atoms with E-state index in [9.17, 15) is 19.6 Å². The first-order chi connectivity index (χ1) is 21.5. The fraction of sp³-hybridized carbons (Fsp3) is 0.600. The number of nitrogens with zero attached hydrogens (tertiary/aromatic N) is 4. The van der Waals surface area contributed by atoms with Gasteiger partial charge in [-0.05, 0) is 69.6 Å². The first-order valence-electron chi connectivity index (χ1n) is 16.3. The van der Waals surface area contributed by atoms with Crippen molar-refractivity contribution in [1.82, 2.24) is 20.0 Å². The van der Waals surface area contributed by atoms with Gasteiger partial charge < -0.3 is 15.0 Å². The summed E-state index contributed by atoms with van der Waals surface area (Å²) < 4.78 is 5.71. The molecule has 2 fully saturated rings. The molecule has 1 aromatic carbocycles. The Morgan fingerprint density at radius 2 is 1.78 bits per heavy atom. The summed E-state index contributed by atoms with van der Waals surface area (Å²) in [7, 11) is 0. The lowest BCUT2D eigenvalue weighted by Gasteiger charge is -2.46. The molecule has 3 atom stereocenters. The Morgan fingerprint density at radius 3 is 2.40 bits per heavy atom. The van der Waals surface area contributed by atoms with Gasteiger partial charge in [-0.3, -0.25) is 19.4 Å².